The zero-order chi connectivity index (χ0) is 21.9. The van der Waals surface area contributed by atoms with Crippen molar-refractivity contribution in [3.8, 4) is 11.3 Å². The molecule has 1 aromatic heterocycles. The second kappa shape index (κ2) is 12.1. The molecule has 0 aliphatic rings. The maximum atomic E-state index is 12.3. The molecule has 7 nitrogen and oxygen atoms in total. The molecular weight excluding hydrogens is 400 g/mol. The van der Waals surface area contributed by atoms with Crippen LogP contribution in [0.15, 0.2) is 29.6 Å². The summed E-state index contributed by atoms with van der Waals surface area (Å²) in [6.45, 7) is 7.12. The Labute approximate surface area is 181 Å². The molecule has 1 heterocycles. The third-order valence-corrected chi connectivity index (χ3v) is 5.14. The molecule has 8 heteroatoms. The molecule has 162 valence electrons. The molecule has 0 aliphatic heterocycles. The van der Waals surface area contributed by atoms with Crippen LogP contribution in [0.1, 0.15) is 52.9 Å². The maximum Gasteiger partial charge on any atom is 0.226 e. The van der Waals surface area contributed by atoms with Gasteiger partial charge >= 0.3 is 0 Å². The first-order valence-electron chi connectivity index (χ1n) is 10.3. The van der Waals surface area contributed by atoms with E-state index in [1.807, 2.05) is 34.5 Å². The Morgan fingerprint density at radius 1 is 1.00 bits per heavy atom. The summed E-state index contributed by atoms with van der Waals surface area (Å²) in [6, 6.07) is 7.36. The predicted molar refractivity (Wildman–Crippen MR) is 121 cm³/mol. The van der Waals surface area contributed by atoms with E-state index in [1.165, 1.54) is 18.3 Å². The van der Waals surface area contributed by atoms with Gasteiger partial charge in [-0.05, 0) is 31.4 Å². The van der Waals surface area contributed by atoms with Crippen molar-refractivity contribution < 1.29 is 14.4 Å². The van der Waals surface area contributed by atoms with Crippen molar-refractivity contribution in [2.75, 3.05) is 23.7 Å². The molecular formula is C22H30N4O3S. The lowest BCUT2D eigenvalue weighted by atomic mass is 10.1. The molecule has 0 unspecified atom stereocenters. The van der Waals surface area contributed by atoms with Gasteiger partial charge in [0.1, 0.15) is 0 Å². The van der Waals surface area contributed by atoms with Crippen molar-refractivity contribution in [1.82, 2.24) is 9.88 Å². The SMILES string of the molecule is CCCN(CCC)C(=O)CCCC(=O)Nc1nc(-c2ccc(NC(C)=O)cc2)cs1. The van der Waals surface area contributed by atoms with Gasteiger partial charge in [-0.2, -0.15) is 0 Å². The van der Waals surface area contributed by atoms with E-state index in [0.717, 1.165) is 42.9 Å². The summed E-state index contributed by atoms with van der Waals surface area (Å²) in [7, 11) is 0. The molecule has 0 radical (unpaired) electrons. The average molecular weight is 431 g/mol. The Morgan fingerprint density at radius 2 is 1.67 bits per heavy atom. The minimum atomic E-state index is -0.137. The first kappa shape index (κ1) is 23.5. The highest BCUT2D eigenvalue weighted by molar-refractivity contribution is 7.14. The summed E-state index contributed by atoms with van der Waals surface area (Å²) < 4.78 is 0. The molecule has 0 atom stereocenters. The fraction of sp³-hybridized carbons (Fsp3) is 0.455. The molecule has 0 saturated carbocycles. The number of rotatable bonds is 11. The minimum absolute atomic E-state index is 0.116. The average Bonchev–Trinajstić information content (AvgIpc) is 3.16. The number of nitrogens with one attached hydrogen (secondary N) is 2. The van der Waals surface area contributed by atoms with E-state index in [9.17, 15) is 14.4 Å². The molecule has 2 N–H and O–H groups in total. The first-order chi connectivity index (χ1) is 14.4. The molecule has 1 aromatic carbocycles. The zero-order valence-corrected chi connectivity index (χ0v) is 18.7. The molecule has 30 heavy (non-hydrogen) atoms. The van der Waals surface area contributed by atoms with Crippen molar-refractivity contribution in [3.05, 3.63) is 29.6 Å². The monoisotopic (exact) mass is 430 g/mol. The van der Waals surface area contributed by atoms with Crippen LogP contribution in [-0.2, 0) is 14.4 Å². The Kier molecular flexibility index (Phi) is 9.47. The number of amides is 3. The number of nitrogens with zero attached hydrogens (tertiary/aromatic N) is 2. The van der Waals surface area contributed by atoms with Gasteiger partial charge in [-0.3, -0.25) is 14.4 Å². The highest BCUT2D eigenvalue weighted by atomic mass is 32.1. The fourth-order valence-corrected chi connectivity index (χ4v) is 3.77. The van der Waals surface area contributed by atoms with E-state index in [2.05, 4.69) is 29.5 Å². The van der Waals surface area contributed by atoms with Crippen molar-refractivity contribution in [2.45, 2.75) is 52.9 Å². The Balaban J connectivity index is 1.82. The molecule has 2 aromatic rings. The maximum absolute atomic E-state index is 12.3. The molecule has 0 bridgehead atoms. The lowest BCUT2D eigenvalue weighted by molar-refractivity contribution is -0.131. The van der Waals surface area contributed by atoms with Crippen LogP contribution in [0.25, 0.3) is 11.3 Å². The highest BCUT2D eigenvalue weighted by Gasteiger charge is 2.13. The normalized spacial score (nSPS) is 10.5. The summed E-state index contributed by atoms with van der Waals surface area (Å²) in [4.78, 5) is 41.9. The molecule has 3 amide bonds. The second-order valence-electron chi connectivity index (χ2n) is 7.08. The highest BCUT2D eigenvalue weighted by Crippen LogP contribution is 2.26. The van der Waals surface area contributed by atoms with E-state index in [0.29, 0.717) is 18.0 Å². The first-order valence-corrected chi connectivity index (χ1v) is 11.2. The van der Waals surface area contributed by atoms with Crippen LogP contribution in [-0.4, -0.2) is 40.7 Å². The van der Waals surface area contributed by atoms with Crippen LogP contribution in [0, 0.1) is 0 Å². The summed E-state index contributed by atoms with van der Waals surface area (Å²) in [6.07, 6.45) is 3.08. The molecule has 0 aliphatic carbocycles. The van der Waals surface area contributed by atoms with Gasteiger partial charge in [-0.25, -0.2) is 4.98 Å². The molecule has 2 rings (SSSR count). The number of aromatic nitrogens is 1. The van der Waals surface area contributed by atoms with Crippen molar-refractivity contribution in [3.63, 3.8) is 0 Å². The van der Waals surface area contributed by atoms with Crippen molar-refractivity contribution in [2.24, 2.45) is 0 Å². The largest absolute Gasteiger partial charge is 0.343 e. The van der Waals surface area contributed by atoms with E-state index < -0.39 is 0 Å². The quantitative estimate of drug-likeness (QED) is 0.548. The molecule has 0 fully saturated rings. The Morgan fingerprint density at radius 3 is 2.27 bits per heavy atom. The minimum Gasteiger partial charge on any atom is -0.343 e. The number of thiazole rings is 1. The third-order valence-electron chi connectivity index (χ3n) is 4.39. The van der Waals surface area contributed by atoms with Crippen LogP contribution in [0.2, 0.25) is 0 Å². The summed E-state index contributed by atoms with van der Waals surface area (Å²) in [5.74, 6) is -0.139. The van der Waals surface area contributed by atoms with Crippen LogP contribution in [0.4, 0.5) is 10.8 Å². The Bertz CT molecular complexity index is 842. The van der Waals surface area contributed by atoms with Gasteiger partial charge in [0.25, 0.3) is 0 Å². The Hall–Kier alpha value is -2.74. The van der Waals surface area contributed by atoms with Gasteiger partial charge in [0, 0.05) is 49.5 Å². The van der Waals surface area contributed by atoms with E-state index >= 15 is 0 Å². The number of hydrogen-bond acceptors (Lipinski definition) is 5. The van der Waals surface area contributed by atoms with E-state index in [-0.39, 0.29) is 24.1 Å². The zero-order valence-electron chi connectivity index (χ0n) is 17.9. The summed E-state index contributed by atoms with van der Waals surface area (Å²) in [5, 5.41) is 7.94. The lowest BCUT2D eigenvalue weighted by Crippen LogP contribution is -2.32. The summed E-state index contributed by atoms with van der Waals surface area (Å²) >= 11 is 1.36. The van der Waals surface area contributed by atoms with E-state index in [4.69, 9.17) is 0 Å². The smallest absolute Gasteiger partial charge is 0.226 e. The molecule has 0 spiro atoms. The second-order valence-corrected chi connectivity index (χ2v) is 7.94. The number of carbonyl (C=O) groups is 3. The third kappa shape index (κ3) is 7.59. The number of carbonyl (C=O) groups excluding carboxylic acids is 3. The summed E-state index contributed by atoms with van der Waals surface area (Å²) in [5.41, 5.74) is 2.38. The number of anilines is 2. The van der Waals surface area contributed by atoms with Crippen LogP contribution < -0.4 is 10.6 Å². The van der Waals surface area contributed by atoms with Gasteiger partial charge in [-0.1, -0.05) is 26.0 Å². The van der Waals surface area contributed by atoms with Crippen LogP contribution in [0.3, 0.4) is 0 Å². The standard InChI is InChI=1S/C22H30N4O3S/c1-4-13-26(14-5-2)21(29)8-6-7-20(28)25-22-24-19(15-30-22)17-9-11-18(12-10-17)23-16(3)27/h9-12,15H,4-8,13-14H2,1-3H3,(H,23,27)(H,24,25,28). The van der Waals surface area contributed by atoms with Gasteiger partial charge in [0.05, 0.1) is 5.69 Å². The topological polar surface area (TPSA) is 91.4 Å². The van der Waals surface area contributed by atoms with E-state index in [1.54, 1.807) is 0 Å². The fourth-order valence-electron chi connectivity index (χ4n) is 3.03. The van der Waals surface area contributed by atoms with Gasteiger partial charge in [0.15, 0.2) is 5.13 Å². The van der Waals surface area contributed by atoms with Gasteiger partial charge in [0.2, 0.25) is 17.7 Å². The van der Waals surface area contributed by atoms with Crippen molar-refractivity contribution in [1.29, 1.82) is 0 Å². The number of benzene rings is 1. The van der Waals surface area contributed by atoms with Crippen molar-refractivity contribution >= 4 is 39.9 Å². The van der Waals surface area contributed by atoms with Gasteiger partial charge in [-0.15, -0.1) is 11.3 Å². The predicted octanol–water partition coefficient (Wildman–Crippen LogP) is 4.53. The van der Waals surface area contributed by atoms with Crippen LogP contribution in [0.5, 0.6) is 0 Å². The molecule has 0 saturated heterocycles. The van der Waals surface area contributed by atoms with Crippen LogP contribution >= 0.6 is 11.3 Å². The number of hydrogen-bond donors (Lipinski definition) is 2. The lowest BCUT2D eigenvalue weighted by Gasteiger charge is -2.21. The van der Waals surface area contributed by atoms with Gasteiger partial charge < -0.3 is 15.5 Å².